The second-order valence-electron chi connectivity index (χ2n) is 5.03. The van der Waals surface area contributed by atoms with E-state index in [0.29, 0.717) is 0 Å². The van der Waals surface area contributed by atoms with Gasteiger partial charge in [0.1, 0.15) is 5.82 Å². The van der Waals surface area contributed by atoms with E-state index in [0.717, 1.165) is 27.5 Å². The summed E-state index contributed by atoms with van der Waals surface area (Å²) < 4.78 is 13.1. The number of para-hydroxylation sites is 1. The van der Waals surface area contributed by atoms with Gasteiger partial charge in [-0.15, -0.1) is 0 Å². The Balaban J connectivity index is 2.13. The Morgan fingerprint density at radius 2 is 1.24 bits per heavy atom. The van der Waals surface area contributed by atoms with Crippen LogP contribution in [0.2, 0.25) is 0 Å². The molecule has 4 aromatic rings. The molecule has 2 heteroatoms. The van der Waals surface area contributed by atoms with Gasteiger partial charge in [-0.25, -0.2) is 9.37 Å². The first-order valence-electron chi connectivity index (χ1n) is 6.86. The summed E-state index contributed by atoms with van der Waals surface area (Å²) in [6, 6.07) is 22.8. The lowest BCUT2D eigenvalue weighted by Gasteiger charge is -2.09. The molecule has 0 radical (unpaired) electrons. The average molecular weight is 273 g/mol. The molecule has 0 saturated carbocycles. The molecule has 0 bridgehead atoms. The van der Waals surface area contributed by atoms with Gasteiger partial charge in [0.05, 0.1) is 11.2 Å². The molecule has 1 heterocycles. The number of hydrogen-bond donors (Lipinski definition) is 0. The van der Waals surface area contributed by atoms with Crippen molar-refractivity contribution in [2.24, 2.45) is 0 Å². The monoisotopic (exact) mass is 273 g/mol. The Morgan fingerprint density at radius 1 is 0.619 bits per heavy atom. The summed E-state index contributed by atoms with van der Waals surface area (Å²) in [5.41, 5.74) is 2.78. The Hall–Kier alpha value is -2.74. The van der Waals surface area contributed by atoms with Gasteiger partial charge in [0.2, 0.25) is 0 Å². The molecular formula is C19H12FN. The molecule has 1 aromatic heterocycles. The Labute approximate surface area is 121 Å². The van der Waals surface area contributed by atoms with Gasteiger partial charge in [-0.05, 0) is 35.7 Å². The summed E-state index contributed by atoms with van der Waals surface area (Å²) in [6.45, 7) is 0. The van der Waals surface area contributed by atoms with E-state index < -0.39 is 0 Å². The highest BCUT2D eigenvalue weighted by Crippen LogP contribution is 2.32. The van der Waals surface area contributed by atoms with Crippen LogP contribution in [0.25, 0.3) is 32.9 Å². The number of aromatic nitrogens is 1. The first-order chi connectivity index (χ1) is 10.3. The normalized spacial score (nSPS) is 11.1. The van der Waals surface area contributed by atoms with Crippen LogP contribution >= 0.6 is 0 Å². The molecule has 4 rings (SSSR count). The zero-order valence-electron chi connectivity index (χ0n) is 11.3. The van der Waals surface area contributed by atoms with Crippen LogP contribution < -0.4 is 0 Å². The second kappa shape index (κ2) is 4.67. The topological polar surface area (TPSA) is 12.9 Å². The smallest absolute Gasteiger partial charge is 0.123 e. The average Bonchev–Trinajstić information content (AvgIpc) is 2.55. The number of hydrogen-bond acceptors (Lipinski definition) is 1. The summed E-state index contributed by atoms with van der Waals surface area (Å²) in [7, 11) is 0. The van der Waals surface area contributed by atoms with E-state index in [1.165, 1.54) is 17.5 Å². The molecule has 0 amide bonds. The van der Waals surface area contributed by atoms with Crippen LogP contribution in [-0.4, -0.2) is 4.98 Å². The summed E-state index contributed by atoms with van der Waals surface area (Å²) in [5.74, 6) is -0.233. The number of nitrogens with zero attached hydrogens (tertiary/aromatic N) is 1. The molecule has 0 spiro atoms. The molecule has 21 heavy (non-hydrogen) atoms. The van der Waals surface area contributed by atoms with Crippen LogP contribution in [0.15, 0.2) is 72.8 Å². The minimum atomic E-state index is -0.233. The van der Waals surface area contributed by atoms with Gasteiger partial charge in [0, 0.05) is 16.3 Å². The van der Waals surface area contributed by atoms with Gasteiger partial charge < -0.3 is 0 Å². The Kier molecular flexibility index (Phi) is 2.68. The van der Waals surface area contributed by atoms with Crippen molar-refractivity contribution in [1.82, 2.24) is 4.98 Å². The van der Waals surface area contributed by atoms with Crippen LogP contribution in [0.1, 0.15) is 0 Å². The van der Waals surface area contributed by atoms with E-state index in [9.17, 15) is 4.39 Å². The van der Waals surface area contributed by atoms with Crippen LogP contribution in [0, 0.1) is 5.82 Å². The van der Waals surface area contributed by atoms with E-state index in [2.05, 4.69) is 18.2 Å². The van der Waals surface area contributed by atoms with E-state index in [4.69, 9.17) is 4.98 Å². The highest BCUT2D eigenvalue weighted by Gasteiger charge is 2.09. The third-order valence-corrected chi connectivity index (χ3v) is 3.73. The van der Waals surface area contributed by atoms with Crippen molar-refractivity contribution < 1.29 is 4.39 Å². The molecule has 1 nitrogen and oxygen atoms in total. The molecule has 0 aliphatic heterocycles. The van der Waals surface area contributed by atoms with Crippen LogP contribution in [0.3, 0.4) is 0 Å². The molecule has 0 N–H and O–H groups in total. The van der Waals surface area contributed by atoms with E-state index in [1.54, 1.807) is 12.1 Å². The van der Waals surface area contributed by atoms with Gasteiger partial charge in [0.25, 0.3) is 0 Å². The molecule has 3 aromatic carbocycles. The van der Waals surface area contributed by atoms with Gasteiger partial charge in [-0.1, -0.05) is 42.5 Å². The molecular weight excluding hydrogens is 261 g/mol. The minimum absolute atomic E-state index is 0.233. The number of fused-ring (bicyclic) bond motifs is 3. The highest BCUT2D eigenvalue weighted by molar-refractivity contribution is 6.10. The first-order valence-corrected chi connectivity index (χ1v) is 6.86. The van der Waals surface area contributed by atoms with Crippen LogP contribution in [0.5, 0.6) is 0 Å². The van der Waals surface area contributed by atoms with Gasteiger partial charge in [-0.3, -0.25) is 0 Å². The predicted molar refractivity (Wildman–Crippen MR) is 84.6 cm³/mol. The van der Waals surface area contributed by atoms with Crippen molar-refractivity contribution >= 4 is 21.7 Å². The predicted octanol–water partition coefficient (Wildman–Crippen LogP) is 5.19. The van der Waals surface area contributed by atoms with E-state index >= 15 is 0 Å². The first kappa shape index (κ1) is 12.0. The maximum Gasteiger partial charge on any atom is 0.123 e. The van der Waals surface area contributed by atoms with Crippen LogP contribution in [0.4, 0.5) is 4.39 Å². The molecule has 0 aliphatic carbocycles. The lowest BCUT2D eigenvalue weighted by molar-refractivity contribution is 0.628. The Bertz CT molecular complexity index is 942. The van der Waals surface area contributed by atoms with Gasteiger partial charge in [-0.2, -0.15) is 0 Å². The van der Waals surface area contributed by atoms with E-state index in [1.807, 2.05) is 30.3 Å². The fourth-order valence-electron chi connectivity index (χ4n) is 2.73. The molecule has 0 atom stereocenters. The lowest BCUT2D eigenvalue weighted by Crippen LogP contribution is -1.89. The highest BCUT2D eigenvalue weighted by atomic mass is 19.1. The van der Waals surface area contributed by atoms with Crippen molar-refractivity contribution in [2.45, 2.75) is 0 Å². The zero-order valence-corrected chi connectivity index (χ0v) is 11.3. The number of benzene rings is 3. The van der Waals surface area contributed by atoms with Crippen LogP contribution in [-0.2, 0) is 0 Å². The number of halogens is 1. The molecule has 0 aliphatic rings. The maximum atomic E-state index is 13.1. The SMILES string of the molecule is Fc1ccc(-c2nc3ccccc3c3ccccc23)cc1. The van der Waals surface area contributed by atoms with Gasteiger partial charge >= 0.3 is 0 Å². The third kappa shape index (κ3) is 1.96. The van der Waals surface area contributed by atoms with Crippen molar-refractivity contribution in [3.05, 3.63) is 78.6 Å². The summed E-state index contributed by atoms with van der Waals surface area (Å²) in [4.78, 5) is 4.78. The fourth-order valence-corrected chi connectivity index (χ4v) is 2.73. The van der Waals surface area contributed by atoms with Gasteiger partial charge in [0.15, 0.2) is 0 Å². The summed E-state index contributed by atoms with van der Waals surface area (Å²) in [5, 5.41) is 3.39. The molecule has 0 saturated heterocycles. The molecule has 0 unspecified atom stereocenters. The van der Waals surface area contributed by atoms with Crippen molar-refractivity contribution in [3.63, 3.8) is 0 Å². The largest absolute Gasteiger partial charge is 0.247 e. The fraction of sp³-hybridized carbons (Fsp3) is 0. The number of pyridine rings is 1. The molecule has 0 fully saturated rings. The van der Waals surface area contributed by atoms with Crippen molar-refractivity contribution in [1.29, 1.82) is 0 Å². The standard InChI is InChI=1S/C19H12FN/c20-14-11-9-13(10-12-14)19-17-7-2-1-5-15(17)16-6-3-4-8-18(16)21-19/h1-12H. The second-order valence-corrected chi connectivity index (χ2v) is 5.03. The Morgan fingerprint density at radius 3 is 2.00 bits per heavy atom. The third-order valence-electron chi connectivity index (χ3n) is 3.73. The van der Waals surface area contributed by atoms with Crippen molar-refractivity contribution in [3.8, 4) is 11.3 Å². The zero-order chi connectivity index (χ0) is 14.2. The molecule has 100 valence electrons. The minimum Gasteiger partial charge on any atom is -0.247 e. The quantitative estimate of drug-likeness (QED) is 0.435. The maximum absolute atomic E-state index is 13.1. The summed E-state index contributed by atoms with van der Waals surface area (Å²) in [6.07, 6.45) is 0. The van der Waals surface area contributed by atoms with E-state index in [-0.39, 0.29) is 5.82 Å². The number of rotatable bonds is 1. The van der Waals surface area contributed by atoms with Crippen molar-refractivity contribution in [2.75, 3.05) is 0 Å². The summed E-state index contributed by atoms with van der Waals surface area (Å²) >= 11 is 0. The lowest BCUT2D eigenvalue weighted by atomic mass is 10.0.